The summed E-state index contributed by atoms with van der Waals surface area (Å²) in [6.07, 6.45) is 4.29. The molecule has 0 saturated heterocycles. The van der Waals surface area contributed by atoms with Crippen molar-refractivity contribution in [2.75, 3.05) is 11.4 Å². The summed E-state index contributed by atoms with van der Waals surface area (Å²) in [6, 6.07) is 16.7. The van der Waals surface area contributed by atoms with Crippen LogP contribution in [0.5, 0.6) is 0 Å². The van der Waals surface area contributed by atoms with Crippen LogP contribution in [0.2, 0.25) is 0 Å². The molecule has 1 aliphatic rings. The van der Waals surface area contributed by atoms with Gasteiger partial charge in [0.25, 0.3) is 5.91 Å². The standard InChI is InChI=1S/C22H20FN3O/c23-21-8-4-3-6-17(21)13-25-22(27)19-11-20(14-24-12-19)26-10-9-16-5-1-2-7-18(16)15-26/h1-8,11-12,14H,9-10,13,15H2,(H,25,27). The Kier molecular flexibility index (Phi) is 4.83. The number of amides is 1. The maximum atomic E-state index is 13.7. The first-order chi connectivity index (χ1) is 13.2. The molecule has 1 aromatic heterocycles. The van der Waals surface area contributed by atoms with Crippen molar-refractivity contribution in [1.29, 1.82) is 0 Å². The van der Waals surface area contributed by atoms with Crippen molar-refractivity contribution < 1.29 is 9.18 Å². The molecule has 3 aromatic rings. The molecular weight excluding hydrogens is 341 g/mol. The molecule has 27 heavy (non-hydrogen) atoms. The highest BCUT2D eigenvalue weighted by molar-refractivity contribution is 5.94. The highest BCUT2D eigenvalue weighted by atomic mass is 19.1. The van der Waals surface area contributed by atoms with Crippen LogP contribution in [0.4, 0.5) is 10.1 Å². The Morgan fingerprint density at radius 1 is 1.07 bits per heavy atom. The van der Waals surface area contributed by atoms with E-state index in [2.05, 4.69) is 33.4 Å². The summed E-state index contributed by atoms with van der Waals surface area (Å²) in [6.45, 7) is 1.84. The Morgan fingerprint density at radius 2 is 1.85 bits per heavy atom. The number of pyridine rings is 1. The number of carbonyl (C=O) groups excluding carboxylic acids is 1. The van der Waals surface area contributed by atoms with Crippen LogP contribution >= 0.6 is 0 Å². The Bertz CT molecular complexity index is 973. The molecule has 4 rings (SSSR count). The van der Waals surface area contributed by atoms with E-state index in [0.29, 0.717) is 11.1 Å². The van der Waals surface area contributed by atoms with Crippen molar-refractivity contribution in [3.8, 4) is 0 Å². The van der Waals surface area contributed by atoms with Gasteiger partial charge < -0.3 is 10.2 Å². The molecule has 0 saturated carbocycles. The SMILES string of the molecule is O=C(NCc1ccccc1F)c1cncc(N2CCc3ccccc3C2)c1. The van der Waals surface area contributed by atoms with Crippen LogP contribution < -0.4 is 10.2 Å². The quantitative estimate of drug-likeness (QED) is 0.770. The van der Waals surface area contributed by atoms with Gasteiger partial charge in [-0.05, 0) is 29.7 Å². The molecule has 0 unspecified atom stereocenters. The van der Waals surface area contributed by atoms with Gasteiger partial charge in [0, 0.05) is 31.4 Å². The summed E-state index contributed by atoms with van der Waals surface area (Å²) >= 11 is 0. The number of hydrogen-bond donors (Lipinski definition) is 1. The molecule has 0 spiro atoms. The number of carbonyl (C=O) groups is 1. The normalized spacial score (nSPS) is 13.1. The number of halogens is 1. The van der Waals surface area contributed by atoms with E-state index in [0.717, 1.165) is 25.2 Å². The fourth-order valence-electron chi connectivity index (χ4n) is 3.36. The van der Waals surface area contributed by atoms with Crippen LogP contribution in [0.25, 0.3) is 0 Å². The van der Waals surface area contributed by atoms with Gasteiger partial charge in [0.15, 0.2) is 0 Å². The van der Waals surface area contributed by atoms with Crippen molar-refractivity contribution in [1.82, 2.24) is 10.3 Å². The van der Waals surface area contributed by atoms with Crippen molar-refractivity contribution in [2.24, 2.45) is 0 Å². The lowest BCUT2D eigenvalue weighted by molar-refractivity contribution is 0.0950. The Labute approximate surface area is 157 Å². The third-order valence-corrected chi connectivity index (χ3v) is 4.88. The molecule has 2 aromatic carbocycles. The van der Waals surface area contributed by atoms with Gasteiger partial charge >= 0.3 is 0 Å². The van der Waals surface area contributed by atoms with E-state index in [1.54, 1.807) is 24.4 Å². The van der Waals surface area contributed by atoms with E-state index in [-0.39, 0.29) is 18.3 Å². The molecule has 4 nitrogen and oxygen atoms in total. The second-order valence-electron chi connectivity index (χ2n) is 6.65. The fraction of sp³-hybridized carbons (Fsp3) is 0.182. The predicted octanol–water partition coefficient (Wildman–Crippen LogP) is 3.71. The summed E-state index contributed by atoms with van der Waals surface area (Å²) in [5, 5.41) is 2.76. The second kappa shape index (κ2) is 7.58. The van der Waals surface area contributed by atoms with E-state index < -0.39 is 0 Å². The summed E-state index contributed by atoms with van der Waals surface area (Å²) in [5.41, 5.74) is 4.53. The lowest BCUT2D eigenvalue weighted by Crippen LogP contribution is -2.31. The monoisotopic (exact) mass is 361 g/mol. The molecule has 0 aliphatic carbocycles. The largest absolute Gasteiger partial charge is 0.366 e. The lowest BCUT2D eigenvalue weighted by Gasteiger charge is -2.30. The molecule has 0 atom stereocenters. The Hall–Kier alpha value is -3.21. The highest BCUT2D eigenvalue weighted by Gasteiger charge is 2.17. The maximum Gasteiger partial charge on any atom is 0.253 e. The van der Waals surface area contributed by atoms with Crippen molar-refractivity contribution >= 4 is 11.6 Å². The number of hydrogen-bond acceptors (Lipinski definition) is 3. The summed E-state index contributed by atoms with van der Waals surface area (Å²) in [5.74, 6) is -0.582. The average molecular weight is 361 g/mol. The minimum absolute atomic E-state index is 0.146. The van der Waals surface area contributed by atoms with Crippen molar-refractivity contribution in [3.63, 3.8) is 0 Å². The summed E-state index contributed by atoms with van der Waals surface area (Å²) < 4.78 is 13.7. The number of anilines is 1. The van der Waals surface area contributed by atoms with Crippen LogP contribution in [0.3, 0.4) is 0 Å². The topological polar surface area (TPSA) is 45.2 Å². The third kappa shape index (κ3) is 3.82. The number of aromatic nitrogens is 1. The number of nitrogens with zero attached hydrogens (tertiary/aromatic N) is 2. The van der Waals surface area contributed by atoms with Crippen LogP contribution in [-0.2, 0) is 19.5 Å². The van der Waals surface area contributed by atoms with E-state index in [1.807, 2.05) is 12.1 Å². The number of rotatable bonds is 4. The summed E-state index contributed by atoms with van der Waals surface area (Å²) in [4.78, 5) is 18.9. The number of fused-ring (bicyclic) bond motifs is 1. The smallest absolute Gasteiger partial charge is 0.253 e. The van der Waals surface area contributed by atoms with Gasteiger partial charge in [0.1, 0.15) is 5.82 Å². The third-order valence-electron chi connectivity index (χ3n) is 4.88. The van der Waals surface area contributed by atoms with Crippen LogP contribution in [0.1, 0.15) is 27.0 Å². The molecule has 136 valence electrons. The molecular formula is C22H20FN3O. The Balaban J connectivity index is 1.46. The van der Waals surface area contributed by atoms with Gasteiger partial charge in [-0.2, -0.15) is 0 Å². The molecule has 2 heterocycles. The van der Waals surface area contributed by atoms with E-state index in [1.165, 1.54) is 23.4 Å². The number of benzene rings is 2. The molecule has 1 amide bonds. The minimum Gasteiger partial charge on any atom is -0.366 e. The van der Waals surface area contributed by atoms with Crippen LogP contribution in [0.15, 0.2) is 67.0 Å². The molecule has 1 aliphatic heterocycles. The van der Waals surface area contributed by atoms with Crippen molar-refractivity contribution in [3.05, 3.63) is 95.1 Å². The van der Waals surface area contributed by atoms with Gasteiger partial charge in [0.2, 0.25) is 0 Å². The first-order valence-electron chi connectivity index (χ1n) is 8.99. The van der Waals surface area contributed by atoms with Gasteiger partial charge in [0.05, 0.1) is 17.4 Å². The molecule has 1 N–H and O–H groups in total. The first kappa shape index (κ1) is 17.2. The van der Waals surface area contributed by atoms with Crippen LogP contribution in [-0.4, -0.2) is 17.4 Å². The molecule has 0 bridgehead atoms. The lowest BCUT2D eigenvalue weighted by atomic mass is 9.99. The zero-order valence-electron chi connectivity index (χ0n) is 14.9. The maximum absolute atomic E-state index is 13.7. The number of nitrogens with one attached hydrogen (secondary N) is 1. The minimum atomic E-state index is -0.323. The Morgan fingerprint density at radius 3 is 2.70 bits per heavy atom. The van der Waals surface area contributed by atoms with Crippen molar-refractivity contribution in [2.45, 2.75) is 19.5 Å². The van der Waals surface area contributed by atoms with Gasteiger partial charge in [-0.25, -0.2) is 4.39 Å². The van der Waals surface area contributed by atoms with E-state index in [9.17, 15) is 9.18 Å². The highest BCUT2D eigenvalue weighted by Crippen LogP contribution is 2.24. The van der Waals surface area contributed by atoms with E-state index >= 15 is 0 Å². The van der Waals surface area contributed by atoms with Gasteiger partial charge in [-0.3, -0.25) is 9.78 Å². The zero-order chi connectivity index (χ0) is 18.6. The predicted molar refractivity (Wildman–Crippen MR) is 103 cm³/mol. The fourth-order valence-corrected chi connectivity index (χ4v) is 3.36. The second-order valence-corrected chi connectivity index (χ2v) is 6.65. The zero-order valence-corrected chi connectivity index (χ0v) is 14.9. The first-order valence-corrected chi connectivity index (χ1v) is 8.99. The van der Waals surface area contributed by atoms with Gasteiger partial charge in [-0.1, -0.05) is 42.5 Å². The molecule has 0 radical (unpaired) electrons. The van der Waals surface area contributed by atoms with Gasteiger partial charge in [-0.15, -0.1) is 0 Å². The molecule has 5 heteroatoms. The van der Waals surface area contributed by atoms with Crippen LogP contribution in [0, 0.1) is 5.82 Å². The molecule has 0 fully saturated rings. The van der Waals surface area contributed by atoms with E-state index in [4.69, 9.17) is 0 Å². The average Bonchev–Trinajstić information content (AvgIpc) is 2.72. The summed E-state index contributed by atoms with van der Waals surface area (Å²) in [7, 11) is 0.